The van der Waals surface area contributed by atoms with E-state index >= 15 is 0 Å². The molecule has 1 aliphatic heterocycles. The van der Waals surface area contributed by atoms with Crippen LogP contribution in [-0.4, -0.2) is 38.2 Å². The highest BCUT2D eigenvalue weighted by atomic mass is 32.1. The number of rotatable bonds is 4. The van der Waals surface area contributed by atoms with Gasteiger partial charge in [-0.2, -0.15) is 5.10 Å². The summed E-state index contributed by atoms with van der Waals surface area (Å²) in [4.78, 5) is 19.2. The third kappa shape index (κ3) is 2.60. The van der Waals surface area contributed by atoms with Crippen LogP contribution in [0.25, 0.3) is 0 Å². The molecule has 110 valence electrons. The Hall–Kier alpha value is -1.69. The summed E-state index contributed by atoms with van der Waals surface area (Å²) in [5.41, 5.74) is 0.634. The van der Waals surface area contributed by atoms with Gasteiger partial charge in [-0.05, 0) is 31.7 Å². The fraction of sp³-hybridized carbons (Fsp3) is 0.533. The lowest BCUT2D eigenvalue weighted by molar-refractivity contribution is 0.0716. The van der Waals surface area contributed by atoms with Crippen molar-refractivity contribution in [3.05, 3.63) is 34.5 Å². The Morgan fingerprint density at radius 3 is 3.05 bits per heavy atom. The zero-order valence-corrected chi connectivity index (χ0v) is 12.6. The lowest BCUT2D eigenvalue weighted by Gasteiger charge is -2.23. The van der Waals surface area contributed by atoms with Gasteiger partial charge in [0, 0.05) is 30.2 Å². The molecule has 0 N–H and O–H groups in total. The summed E-state index contributed by atoms with van der Waals surface area (Å²) < 4.78 is 1.91. The molecular formula is C15H18N4OS. The van der Waals surface area contributed by atoms with E-state index < -0.39 is 0 Å². The average Bonchev–Trinajstić information content (AvgIpc) is 2.96. The van der Waals surface area contributed by atoms with Crippen LogP contribution in [-0.2, 0) is 6.54 Å². The molecule has 1 aliphatic carbocycles. The minimum Gasteiger partial charge on any atom is -0.332 e. The Morgan fingerprint density at radius 1 is 1.38 bits per heavy atom. The molecule has 1 saturated carbocycles. The predicted octanol–water partition coefficient (Wildman–Crippen LogP) is 2.52. The van der Waals surface area contributed by atoms with Crippen LogP contribution in [0.3, 0.4) is 0 Å². The monoisotopic (exact) mass is 302 g/mol. The molecule has 1 saturated heterocycles. The Kier molecular flexibility index (Phi) is 3.25. The first kappa shape index (κ1) is 13.0. The van der Waals surface area contributed by atoms with E-state index in [0.717, 1.165) is 30.9 Å². The van der Waals surface area contributed by atoms with Gasteiger partial charge in [-0.25, -0.2) is 4.98 Å². The zero-order valence-electron chi connectivity index (χ0n) is 11.8. The van der Waals surface area contributed by atoms with E-state index in [2.05, 4.69) is 10.1 Å². The third-order valence-corrected chi connectivity index (χ3v) is 5.27. The van der Waals surface area contributed by atoms with Crippen molar-refractivity contribution in [1.29, 1.82) is 0 Å². The molecule has 2 aromatic rings. The van der Waals surface area contributed by atoms with Crippen LogP contribution in [0.4, 0.5) is 0 Å². The van der Waals surface area contributed by atoms with Gasteiger partial charge in [0.1, 0.15) is 5.69 Å². The zero-order chi connectivity index (χ0) is 14.2. The van der Waals surface area contributed by atoms with Crippen molar-refractivity contribution in [3.8, 4) is 0 Å². The number of carbonyl (C=O) groups is 1. The minimum atomic E-state index is 0.0906. The Morgan fingerprint density at radius 2 is 2.29 bits per heavy atom. The molecule has 1 amide bonds. The van der Waals surface area contributed by atoms with E-state index in [1.807, 2.05) is 27.2 Å². The van der Waals surface area contributed by atoms with Crippen molar-refractivity contribution < 1.29 is 4.79 Å². The van der Waals surface area contributed by atoms with Crippen LogP contribution in [0.5, 0.6) is 0 Å². The van der Waals surface area contributed by atoms with Crippen LogP contribution in [0, 0.1) is 0 Å². The van der Waals surface area contributed by atoms with Gasteiger partial charge in [-0.15, -0.1) is 11.3 Å². The molecule has 0 aromatic carbocycles. The molecule has 1 unspecified atom stereocenters. The van der Waals surface area contributed by atoms with E-state index in [-0.39, 0.29) is 11.9 Å². The lowest BCUT2D eigenvalue weighted by Crippen LogP contribution is -2.38. The summed E-state index contributed by atoms with van der Waals surface area (Å²) in [6.45, 7) is 1.61. The first-order chi connectivity index (χ1) is 10.3. The highest BCUT2D eigenvalue weighted by Crippen LogP contribution is 2.41. The summed E-state index contributed by atoms with van der Waals surface area (Å²) >= 11 is 1.64. The molecule has 4 rings (SSSR count). The minimum absolute atomic E-state index is 0.0906. The van der Waals surface area contributed by atoms with Gasteiger partial charge in [0.25, 0.3) is 5.91 Å². The maximum absolute atomic E-state index is 12.7. The Labute approximate surface area is 127 Å². The van der Waals surface area contributed by atoms with Crippen LogP contribution < -0.4 is 0 Å². The maximum Gasteiger partial charge on any atom is 0.273 e. The summed E-state index contributed by atoms with van der Waals surface area (Å²) in [5.74, 6) is 0.711. The van der Waals surface area contributed by atoms with Crippen molar-refractivity contribution in [1.82, 2.24) is 19.7 Å². The second-order valence-corrected chi connectivity index (χ2v) is 6.76. The molecule has 0 radical (unpaired) electrons. The van der Waals surface area contributed by atoms with Gasteiger partial charge in [0.05, 0.1) is 17.6 Å². The third-order valence-electron chi connectivity index (χ3n) is 4.26. The van der Waals surface area contributed by atoms with Gasteiger partial charge in [-0.3, -0.25) is 9.48 Å². The molecule has 2 aliphatic rings. The highest BCUT2D eigenvalue weighted by molar-refractivity contribution is 7.10. The first-order valence-corrected chi connectivity index (χ1v) is 8.43. The average molecular weight is 302 g/mol. The van der Waals surface area contributed by atoms with E-state index in [9.17, 15) is 4.79 Å². The highest BCUT2D eigenvalue weighted by Gasteiger charge is 2.32. The normalized spacial score (nSPS) is 21.9. The SMILES string of the molecule is O=C(c1csc(C2CC2)n1)N1CCCC1Cn1cccn1. The number of likely N-dealkylation sites (tertiary alicyclic amines) is 1. The quantitative estimate of drug-likeness (QED) is 0.872. The van der Waals surface area contributed by atoms with Gasteiger partial charge in [0.2, 0.25) is 0 Å². The number of hydrogen-bond donors (Lipinski definition) is 0. The van der Waals surface area contributed by atoms with Crippen molar-refractivity contribution >= 4 is 17.2 Å². The second kappa shape index (κ2) is 5.26. The van der Waals surface area contributed by atoms with E-state index in [0.29, 0.717) is 11.6 Å². The Bertz CT molecular complexity index is 632. The van der Waals surface area contributed by atoms with Crippen molar-refractivity contribution in [2.45, 2.75) is 44.2 Å². The predicted molar refractivity (Wildman–Crippen MR) is 80.4 cm³/mol. The molecule has 2 fully saturated rings. The van der Waals surface area contributed by atoms with Crippen molar-refractivity contribution in [2.24, 2.45) is 0 Å². The fourth-order valence-electron chi connectivity index (χ4n) is 2.97. The standard InChI is InChI=1S/C15H18N4OS/c20-15(13-10-21-14(17-13)11-4-5-11)19-8-1-3-12(19)9-18-7-2-6-16-18/h2,6-7,10-12H,1,3-5,8-9H2. The maximum atomic E-state index is 12.7. The molecule has 6 heteroatoms. The molecule has 3 heterocycles. The van der Waals surface area contributed by atoms with E-state index in [1.165, 1.54) is 12.8 Å². The Balaban J connectivity index is 1.48. The number of thiazole rings is 1. The second-order valence-electron chi connectivity index (χ2n) is 5.87. The smallest absolute Gasteiger partial charge is 0.273 e. The molecule has 0 spiro atoms. The lowest BCUT2D eigenvalue weighted by atomic mass is 10.2. The molecule has 2 aromatic heterocycles. The summed E-state index contributed by atoms with van der Waals surface area (Å²) in [6.07, 6.45) is 8.31. The van der Waals surface area contributed by atoms with Crippen LogP contribution in [0.1, 0.15) is 47.1 Å². The van der Waals surface area contributed by atoms with Crippen LogP contribution in [0.2, 0.25) is 0 Å². The molecule has 5 nitrogen and oxygen atoms in total. The number of amides is 1. The molecule has 0 bridgehead atoms. The van der Waals surface area contributed by atoms with Gasteiger partial charge in [-0.1, -0.05) is 0 Å². The fourth-order valence-corrected chi connectivity index (χ4v) is 3.93. The summed E-state index contributed by atoms with van der Waals surface area (Å²) in [6, 6.07) is 2.16. The summed E-state index contributed by atoms with van der Waals surface area (Å²) in [5, 5.41) is 7.32. The van der Waals surface area contributed by atoms with Crippen molar-refractivity contribution in [3.63, 3.8) is 0 Å². The largest absolute Gasteiger partial charge is 0.332 e. The van der Waals surface area contributed by atoms with Gasteiger partial charge < -0.3 is 4.90 Å². The van der Waals surface area contributed by atoms with Gasteiger partial charge >= 0.3 is 0 Å². The number of aromatic nitrogens is 3. The molecule has 21 heavy (non-hydrogen) atoms. The van der Waals surface area contributed by atoms with E-state index in [4.69, 9.17) is 0 Å². The van der Waals surface area contributed by atoms with Crippen LogP contribution >= 0.6 is 11.3 Å². The first-order valence-electron chi connectivity index (χ1n) is 7.55. The van der Waals surface area contributed by atoms with Gasteiger partial charge in [0.15, 0.2) is 0 Å². The summed E-state index contributed by atoms with van der Waals surface area (Å²) in [7, 11) is 0. The number of nitrogens with zero attached hydrogens (tertiary/aromatic N) is 4. The number of hydrogen-bond acceptors (Lipinski definition) is 4. The topological polar surface area (TPSA) is 51.0 Å². The van der Waals surface area contributed by atoms with Crippen molar-refractivity contribution in [2.75, 3.05) is 6.54 Å². The van der Waals surface area contributed by atoms with E-state index in [1.54, 1.807) is 17.5 Å². The molecule has 1 atom stereocenters. The molecular weight excluding hydrogens is 284 g/mol. The van der Waals surface area contributed by atoms with Crippen LogP contribution in [0.15, 0.2) is 23.8 Å². The number of carbonyl (C=O) groups excluding carboxylic acids is 1.